The van der Waals surface area contributed by atoms with Gasteiger partial charge >= 0.3 is 0 Å². The molecule has 1 aliphatic rings. The first-order valence-electron chi connectivity index (χ1n) is 7.42. The minimum Gasteiger partial charge on any atom is -0.459 e. The van der Waals surface area contributed by atoms with Gasteiger partial charge in [0.15, 0.2) is 5.76 Å². The first-order chi connectivity index (χ1) is 10.9. The van der Waals surface area contributed by atoms with Crippen LogP contribution in [0.25, 0.3) is 0 Å². The Bertz CT molecular complexity index is 633. The summed E-state index contributed by atoms with van der Waals surface area (Å²) in [6, 6.07) is 3.18. The predicted octanol–water partition coefficient (Wildman–Crippen LogP) is -0.203. The van der Waals surface area contributed by atoms with Crippen LogP contribution in [-0.4, -0.2) is 57.0 Å². The highest BCUT2D eigenvalue weighted by Crippen LogP contribution is 2.19. The fourth-order valence-corrected chi connectivity index (χ4v) is 3.32. The Morgan fingerprint density at radius 2 is 1.91 bits per heavy atom. The van der Waals surface area contributed by atoms with Crippen molar-refractivity contribution in [3.63, 3.8) is 0 Å². The molecule has 2 heterocycles. The maximum absolute atomic E-state index is 12.0. The zero-order valence-corrected chi connectivity index (χ0v) is 13.8. The Morgan fingerprint density at radius 3 is 2.48 bits per heavy atom. The van der Waals surface area contributed by atoms with Crippen molar-refractivity contribution in [1.82, 2.24) is 14.9 Å². The van der Waals surface area contributed by atoms with Crippen molar-refractivity contribution in [2.75, 3.05) is 32.4 Å². The second kappa shape index (κ2) is 7.60. The number of piperidine rings is 1. The van der Waals surface area contributed by atoms with Crippen molar-refractivity contribution in [3.05, 3.63) is 24.2 Å². The van der Waals surface area contributed by atoms with E-state index >= 15 is 0 Å². The molecule has 0 radical (unpaired) electrons. The minimum atomic E-state index is -3.18. The van der Waals surface area contributed by atoms with E-state index < -0.39 is 10.0 Å². The van der Waals surface area contributed by atoms with Crippen molar-refractivity contribution >= 4 is 21.8 Å². The number of sulfonamides is 1. The molecular weight excluding hydrogens is 322 g/mol. The van der Waals surface area contributed by atoms with E-state index in [0.29, 0.717) is 39.0 Å². The van der Waals surface area contributed by atoms with Crippen LogP contribution in [0.15, 0.2) is 22.8 Å². The fraction of sp³-hybridized carbons (Fsp3) is 0.571. The molecule has 1 fully saturated rings. The van der Waals surface area contributed by atoms with E-state index in [1.165, 1.54) is 16.8 Å². The van der Waals surface area contributed by atoms with Crippen molar-refractivity contribution in [1.29, 1.82) is 0 Å². The highest BCUT2D eigenvalue weighted by molar-refractivity contribution is 7.88. The van der Waals surface area contributed by atoms with Gasteiger partial charge in [-0.1, -0.05) is 0 Å². The number of carbonyl (C=O) groups is 2. The normalized spacial score (nSPS) is 16.9. The molecule has 9 heteroatoms. The summed E-state index contributed by atoms with van der Waals surface area (Å²) >= 11 is 0. The third-order valence-electron chi connectivity index (χ3n) is 3.75. The lowest BCUT2D eigenvalue weighted by atomic mass is 9.97. The average molecular weight is 343 g/mol. The van der Waals surface area contributed by atoms with Gasteiger partial charge in [-0.05, 0) is 25.0 Å². The Kier molecular flexibility index (Phi) is 5.78. The van der Waals surface area contributed by atoms with Gasteiger partial charge in [0.05, 0.1) is 12.5 Å². The second-order valence-corrected chi connectivity index (χ2v) is 7.44. The maximum Gasteiger partial charge on any atom is 0.287 e. The van der Waals surface area contributed by atoms with Crippen LogP contribution in [0, 0.1) is 5.92 Å². The summed E-state index contributed by atoms with van der Waals surface area (Å²) in [6.07, 6.45) is 3.62. The molecule has 1 saturated heterocycles. The summed E-state index contributed by atoms with van der Waals surface area (Å²) in [5.74, 6) is -0.394. The fourth-order valence-electron chi connectivity index (χ4n) is 2.45. The number of nitrogens with zero attached hydrogens (tertiary/aromatic N) is 1. The van der Waals surface area contributed by atoms with Gasteiger partial charge in [-0.15, -0.1) is 0 Å². The molecule has 0 bridgehead atoms. The minimum absolute atomic E-state index is 0.106. The molecule has 2 amide bonds. The van der Waals surface area contributed by atoms with Crippen LogP contribution in [0.5, 0.6) is 0 Å². The van der Waals surface area contributed by atoms with Gasteiger partial charge in [-0.25, -0.2) is 12.7 Å². The van der Waals surface area contributed by atoms with E-state index in [4.69, 9.17) is 4.42 Å². The molecular formula is C14H21N3O5S. The molecule has 0 spiro atoms. The van der Waals surface area contributed by atoms with Crippen LogP contribution in [0.4, 0.5) is 0 Å². The zero-order chi connectivity index (χ0) is 16.9. The average Bonchev–Trinajstić information content (AvgIpc) is 3.05. The van der Waals surface area contributed by atoms with Crippen LogP contribution < -0.4 is 10.6 Å². The summed E-state index contributed by atoms with van der Waals surface area (Å²) < 4.78 is 29.2. The predicted molar refractivity (Wildman–Crippen MR) is 83.2 cm³/mol. The van der Waals surface area contributed by atoms with Crippen molar-refractivity contribution in [2.24, 2.45) is 5.92 Å². The number of furan rings is 1. The monoisotopic (exact) mass is 343 g/mol. The quantitative estimate of drug-likeness (QED) is 0.695. The summed E-state index contributed by atoms with van der Waals surface area (Å²) in [7, 11) is -3.18. The lowest BCUT2D eigenvalue weighted by Gasteiger charge is -2.29. The molecule has 0 atom stereocenters. The smallest absolute Gasteiger partial charge is 0.287 e. The van der Waals surface area contributed by atoms with Gasteiger partial charge in [-0.2, -0.15) is 0 Å². The van der Waals surface area contributed by atoms with Gasteiger partial charge in [-0.3, -0.25) is 9.59 Å². The third-order valence-corrected chi connectivity index (χ3v) is 5.05. The molecule has 2 rings (SSSR count). The Morgan fingerprint density at radius 1 is 1.26 bits per heavy atom. The number of hydrogen-bond acceptors (Lipinski definition) is 5. The summed E-state index contributed by atoms with van der Waals surface area (Å²) in [5.41, 5.74) is 0. The summed E-state index contributed by atoms with van der Waals surface area (Å²) in [5, 5.41) is 5.39. The van der Waals surface area contributed by atoms with E-state index in [0.717, 1.165) is 0 Å². The number of carbonyl (C=O) groups excluding carboxylic acids is 2. The highest BCUT2D eigenvalue weighted by Gasteiger charge is 2.28. The van der Waals surface area contributed by atoms with Gasteiger partial charge in [0.1, 0.15) is 0 Å². The molecule has 0 aliphatic carbocycles. The summed E-state index contributed by atoms with van der Waals surface area (Å²) in [6.45, 7) is 1.35. The van der Waals surface area contributed by atoms with E-state index in [1.807, 2.05) is 0 Å². The first kappa shape index (κ1) is 17.5. The molecule has 1 aromatic heterocycles. The van der Waals surface area contributed by atoms with E-state index in [1.54, 1.807) is 12.1 Å². The summed E-state index contributed by atoms with van der Waals surface area (Å²) in [4.78, 5) is 23.6. The van der Waals surface area contributed by atoms with Crippen LogP contribution in [0.3, 0.4) is 0 Å². The molecule has 2 N–H and O–H groups in total. The Balaban J connectivity index is 1.65. The standard InChI is InChI=1S/C14H21N3O5S/c1-23(20,21)17-8-4-11(5-9-17)13(18)15-6-7-16-14(19)12-3-2-10-22-12/h2-3,10-11H,4-9H2,1H3,(H,15,18)(H,16,19). The highest BCUT2D eigenvalue weighted by atomic mass is 32.2. The van der Waals surface area contributed by atoms with Crippen molar-refractivity contribution in [3.8, 4) is 0 Å². The van der Waals surface area contributed by atoms with Crippen molar-refractivity contribution < 1.29 is 22.4 Å². The molecule has 23 heavy (non-hydrogen) atoms. The largest absolute Gasteiger partial charge is 0.459 e. The molecule has 0 saturated carbocycles. The van der Waals surface area contributed by atoms with E-state index in [2.05, 4.69) is 10.6 Å². The molecule has 1 aromatic rings. The van der Waals surface area contributed by atoms with Crippen LogP contribution in [0.1, 0.15) is 23.4 Å². The molecule has 1 aliphatic heterocycles. The van der Waals surface area contributed by atoms with Gasteiger partial charge in [0.2, 0.25) is 15.9 Å². The zero-order valence-electron chi connectivity index (χ0n) is 12.9. The molecule has 0 unspecified atom stereocenters. The lowest BCUT2D eigenvalue weighted by molar-refractivity contribution is -0.126. The van der Waals surface area contributed by atoms with Gasteiger partial charge in [0, 0.05) is 32.1 Å². The SMILES string of the molecule is CS(=O)(=O)N1CCC(C(=O)NCCNC(=O)c2ccco2)CC1. The van der Waals surface area contributed by atoms with E-state index in [-0.39, 0.29) is 23.5 Å². The van der Waals surface area contributed by atoms with Crippen LogP contribution >= 0.6 is 0 Å². The first-order valence-corrected chi connectivity index (χ1v) is 9.27. The topological polar surface area (TPSA) is 109 Å². The molecule has 0 aromatic carbocycles. The third kappa shape index (κ3) is 5.07. The van der Waals surface area contributed by atoms with Crippen LogP contribution in [0.2, 0.25) is 0 Å². The number of nitrogens with one attached hydrogen (secondary N) is 2. The Labute approximate surface area is 135 Å². The lowest BCUT2D eigenvalue weighted by Crippen LogP contribution is -2.44. The van der Waals surface area contributed by atoms with Crippen molar-refractivity contribution in [2.45, 2.75) is 12.8 Å². The molecule has 8 nitrogen and oxygen atoms in total. The second-order valence-electron chi connectivity index (χ2n) is 5.46. The van der Waals surface area contributed by atoms with Crippen LogP contribution in [-0.2, 0) is 14.8 Å². The van der Waals surface area contributed by atoms with Gasteiger partial charge in [0.25, 0.3) is 5.91 Å². The molecule has 128 valence electrons. The number of amides is 2. The van der Waals surface area contributed by atoms with E-state index in [9.17, 15) is 18.0 Å². The number of rotatable bonds is 6. The van der Waals surface area contributed by atoms with Gasteiger partial charge < -0.3 is 15.1 Å². The Hall–Kier alpha value is -1.87. The number of hydrogen-bond donors (Lipinski definition) is 2. The maximum atomic E-state index is 12.0.